The summed E-state index contributed by atoms with van der Waals surface area (Å²) >= 11 is 12.6. The minimum Gasteiger partial charge on any atom is -0.446 e. The van der Waals surface area contributed by atoms with Gasteiger partial charge in [-0.1, -0.05) is 36.2 Å². The molecule has 3 saturated carbocycles. The van der Waals surface area contributed by atoms with E-state index in [9.17, 15) is 14.4 Å². The van der Waals surface area contributed by atoms with Gasteiger partial charge in [0.2, 0.25) is 11.8 Å². The van der Waals surface area contributed by atoms with Gasteiger partial charge in [-0.25, -0.2) is 4.79 Å². The summed E-state index contributed by atoms with van der Waals surface area (Å²) in [6, 6.07) is 5.35. The molecular formula is C30H39Cl2N3O4. The second-order valence-electron chi connectivity index (χ2n) is 12.9. The summed E-state index contributed by atoms with van der Waals surface area (Å²) in [5.74, 6) is 1.32. The van der Waals surface area contributed by atoms with Crippen LogP contribution in [0.5, 0.6) is 0 Å². The number of carbonyl (C=O) groups excluding carboxylic acids is 3. The summed E-state index contributed by atoms with van der Waals surface area (Å²) in [6.07, 6.45) is 7.53. The van der Waals surface area contributed by atoms with Crippen molar-refractivity contribution in [2.24, 2.45) is 23.2 Å². The van der Waals surface area contributed by atoms with Gasteiger partial charge in [-0.2, -0.15) is 0 Å². The van der Waals surface area contributed by atoms with Crippen LogP contribution in [0.3, 0.4) is 0 Å². The molecule has 1 aromatic rings. The lowest BCUT2D eigenvalue weighted by Crippen LogP contribution is -2.47. The number of likely N-dealkylation sites (N-methyl/N-ethyl adjacent to an activating group) is 1. The highest BCUT2D eigenvalue weighted by Crippen LogP contribution is 2.47. The highest BCUT2D eigenvalue weighted by Gasteiger charge is 2.49. The maximum absolute atomic E-state index is 13.7. The molecule has 6 rings (SSSR count). The molecule has 7 nitrogen and oxygen atoms in total. The summed E-state index contributed by atoms with van der Waals surface area (Å²) in [7, 11) is 1.79. The van der Waals surface area contributed by atoms with E-state index in [1.165, 1.54) is 12.8 Å². The zero-order valence-corrected chi connectivity index (χ0v) is 24.4. The Labute approximate surface area is 241 Å². The van der Waals surface area contributed by atoms with Crippen LogP contribution in [0, 0.1) is 23.2 Å². The topological polar surface area (TPSA) is 70.2 Å². The van der Waals surface area contributed by atoms with Crippen molar-refractivity contribution < 1.29 is 19.1 Å². The van der Waals surface area contributed by atoms with E-state index in [0.29, 0.717) is 60.9 Å². The second kappa shape index (κ2) is 10.4. The van der Waals surface area contributed by atoms with Crippen molar-refractivity contribution in [3.63, 3.8) is 0 Å². The standard InChI is InChI=1S/C30H39Cl2N3O4/c1-30(9-10-30)28(37)34-11-7-19(8-12-34)27(36)35-16-22(20-5-6-23(31)24(32)15-20)25(17-35)33(2)29(38)39-26-14-18-3-4-21(26)13-18/h5-6,15,18-19,21-22,25-26H,3-4,7-14,16-17H2,1-2H3/t18?,21?,22-,25+,26?/m1/s1. The number of hydrogen-bond donors (Lipinski definition) is 0. The van der Waals surface area contributed by atoms with E-state index >= 15 is 0 Å². The molecule has 3 aliphatic carbocycles. The van der Waals surface area contributed by atoms with Crippen LogP contribution in [0.4, 0.5) is 4.79 Å². The van der Waals surface area contributed by atoms with Crippen molar-refractivity contribution in [2.75, 3.05) is 33.2 Å². The molecule has 2 bridgehead atoms. The summed E-state index contributed by atoms with van der Waals surface area (Å²) < 4.78 is 6.02. The Kier molecular flexibility index (Phi) is 7.28. The van der Waals surface area contributed by atoms with Gasteiger partial charge in [0, 0.05) is 50.5 Å². The third-order valence-electron chi connectivity index (χ3n) is 10.3. The van der Waals surface area contributed by atoms with Gasteiger partial charge in [0.05, 0.1) is 16.1 Å². The first-order valence-electron chi connectivity index (χ1n) is 14.6. The van der Waals surface area contributed by atoms with Crippen molar-refractivity contribution >= 4 is 41.1 Å². The lowest BCUT2D eigenvalue weighted by molar-refractivity contribution is -0.142. The van der Waals surface area contributed by atoms with E-state index in [1.807, 2.05) is 28.9 Å². The first-order valence-corrected chi connectivity index (χ1v) is 15.3. The molecular weight excluding hydrogens is 537 g/mol. The Morgan fingerprint density at radius 3 is 2.33 bits per heavy atom. The van der Waals surface area contributed by atoms with Gasteiger partial charge in [-0.3, -0.25) is 9.59 Å². The number of halogens is 2. The number of fused-ring (bicyclic) bond motifs is 2. The Bertz CT molecular complexity index is 1150. The third kappa shape index (κ3) is 5.26. The number of nitrogens with zero attached hydrogens (tertiary/aromatic N) is 3. The first-order chi connectivity index (χ1) is 18.6. The summed E-state index contributed by atoms with van der Waals surface area (Å²) in [5.41, 5.74) is 0.783. The number of rotatable bonds is 5. The number of carbonyl (C=O) groups is 3. The lowest BCUT2D eigenvalue weighted by Gasteiger charge is -2.34. The quantitative estimate of drug-likeness (QED) is 0.459. The molecule has 2 aliphatic heterocycles. The molecule has 2 saturated heterocycles. The van der Waals surface area contributed by atoms with Gasteiger partial charge in [0.15, 0.2) is 0 Å². The summed E-state index contributed by atoms with van der Waals surface area (Å²) in [5, 5.41) is 0.944. The predicted octanol–water partition coefficient (Wildman–Crippen LogP) is 5.58. The van der Waals surface area contributed by atoms with Gasteiger partial charge >= 0.3 is 6.09 Å². The van der Waals surface area contributed by atoms with Gasteiger partial charge in [-0.05, 0) is 80.9 Å². The van der Waals surface area contributed by atoms with Crippen LogP contribution in [-0.2, 0) is 14.3 Å². The molecule has 5 aliphatic rings. The number of ether oxygens (including phenoxy) is 1. The van der Waals surface area contributed by atoms with Crippen LogP contribution in [0.2, 0.25) is 10.0 Å². The Balaban J connectivity index is 1.14. The van der Waals surface area contributed by atoms with Crippen molar-refractivity contribution in [1.29, 1.82) is 0 Å². The van der Waals surface area contributed by atoms with Gasteiger partial charge in [-0.15, -0.1) is 0 Å². The van der Waals surface area contributed by atoms with Crippen LogP contribution in [-0.4, -0.2) is 78.0 Å². The van der Waals surface area contributed by atoms with Crippen molar-refractivity contribution in [2.45, 2.75) is 76.4 Å². The molecule has 39 heavy (non-hydrogen) atoms. The van der Waals surface area contributed by atoms with E-state index < -0.39 is 0 Å². The zero-order chi connectivity index (χ0) is 27.5. The fourth-order valence-corrected chi connectivity index (χ4v) is 7.79. The van der Waals surface area contributed by atoms with Gasteiger partial charge in [0.25, 0.3) is 0 Å². The number of piperidine rings is 1. The summed E-state index contributed by atoms with van der Waals surface area (Å²) in [6.45, 7) is 4.26. The minimum absolute atomic E-state index is 0.00653. The first kappa shape index (κ1) is 27.2. The molecule has 0 spiro atoms. The van der Waals surface area contributed by atoms with E-state index in [4.69, 9.17) is 27.9 Å². The number of amides is 3. The Hall–Kier alpha value is -1.99. The van der Waals surface area contributed by atoms with Crippen molar-refractivity contribution in [3.05, 3.63) is 33.8 Å². The fourth-order valence-electron chi connectivity index (χ4n) is 7.48. The van der Waals surface area contributed by atoms with Crippen LogP contribution in [0.15, 0.2) is 18.2 Å². The van der Waals surface area contributed by atoms with E-state index in [1.54, 1.807) is 18.0 Å². The van der Waals surface area contributed by atoms with E-state index in [2.05, 4.69) is 0 Å². The van der Waals surface area contributed by atoms with Crippen molar-refractivity contribution in [1.82, 2.24) is 14.7 Å². The van der Waals surface area contributed by atoms with E-state index in [-0.39, 0.29) is 47.3 Å². The zero-order valence-electron chi connectivity index (χ0n) is 22.9. The molecule has 5 fully saturated rings. The maximum atomic E-state index is 13.7. The van der Waals surface area contributed by atoms with E-state index in [0.717, 1.165) is 31.2 Å². The van der Waals surface area contributed by atoms with Crippen LogP contribution in [0.1, 0.15) is 69.8 Å². The molecule has 9 heteroatoms. The Morgan fingerprint density at radius 2 is 1.72 bits per heavy atom. The largest absolute Gasteiger partial charge is 0.446 e. The average molecular weight is 577 g/mol. The predicted molar refractivity (Wildman–Crippen MR) is 150 cm³/mol. The average Bonchev–Trinajstić information content (AvgIpc) is 3.29. The molecule has 3 amide bonds. The highest BCUT2D eigenvalue weighted by atomic mass is 35.5. The molecule has 3 unspecified atom stereocenters. The normalized spacial score (nSPS) is 31.4. The van der Waals surface area contributed by atoms with Crippen LogP contribution in [0.25, 0.3) is 0 Å². The fraction of sp³-hybridized carbons (Fsp3) is 0.700. The van der Waals surface area contributed by atoms with Crippen molar-refractivity contribution in [3.8, 4) is 0 Å². The smallest absolute Gasteiger partial charge is 0.410 e. The molecule has 1 aromatic carbocycles. The highest BCUT2D eigenvalue weighted by molar-refractivity contribution is 6.42. The lowest BCUT2D eigenvalue weighted by atomic mass is 9.93. The molecule has 0 radical (unpaired) electrons. The van der Waals surface area contributed by atoms with Gasteiger partial charge in [0.1, 0.15) is 6.10 Å². The summed E-state index contributed by atoms with van der Waals surface area (Å²) in [4.78, 5) is 45.4. The third-order valence-corrected chi connectivity index (χ3v) is 11.1. The monoisotopic (exact) mass is 575 g/mol. The number of benzene rings is 1. The molecule has 0 N–H and O–H groups in total. The number of hydrogen-bond acceptors (Lipinski definition) is 4. The van der Waals surface area contributed by atoms with Crippen LogP contribution < -0.4 is 0 Å². The van der Waals surface area contributed by atoms with Crippen LogP contribution >= 0.6 is 23.2 Å². The van der Waals surface area contributed by atoms with Gasteiger partial charge < -0.3 is 19.4 Å². The maximum Gasteiger partial charge on any atom is 0.410 e. The minimum atomic E-state index is -0.308. The Morgan fingerprint density at radius 1 is 0.974 bits per heavy atom. The number of likely N-dealkylation sites (tertiary alicyclic amines) is 2. The molecule has 5 atom stereocenters. The molecule has 212 valence electrons. The molecule has 2 heterocycles. The SMILES string of the molecule is CN(C(=O)OC1CC2CCC1C2)[C@H]1CN(C(=O)C2CCN(C(=O)C3(C)CC3)CC2)C[C@@H]1c1ccc(Cl)c(Cl)c1. The second-order valence-corrected chi connectivity index (χ2v) is 13.7. The molecule has 0 aromatic heterocycles.